The minimum absolute atomic E-state index is 0.215. The van der Waals surface area contributed by atoms with E-state index in [2.05, 4.69) is 0 Å². The zero-order valence-corrected chi connectivity index (χ0v) is 10.7. The second-order valence-corrected chi connectivity index (χ2v) is 4.65. The Labute approximate surface area is 118 Å². The third-order valence-corrected chi connectivity index (χ3v) is 3.34. The van der Waals surface area contributed by atoms with Crippen LogP contribution in [0.1, 0.15) is 20.7 Å². The van der Waals surface area contributed by atoms with Gasteiger partial charge in [-0.05, 0) is 12.1 Å². The molecule has 0 unspecified atom stereocenters. The summed E-state index contributed by atoms with van der Waals surface area (Å²) in [6.07, 6.45) is 0. The van der Waals surface area contributed by atoms with Crippen molar-refractivity contribution in [3.8, 4) is 5.75 Å². The van der Waals surface area contributed by atoms with Gasteiger partial charge in [-0.3, -0.25) is 9.59 Å². The number of hydrogen-bond donors (Lipinski definition) is 1. The van der Waals surface area contributed by atoms with Crippen molar-refractivity contribution in [2.24, 2.45) is 0 Å². The molecule has 4 nitrogen and oxygen atoms in total. The first kappa shape index (κ1) is 12.6. The van der Waals surface area contributed by atoms with Gasteiger partial charge in [0.2, 0.25) is 0 Å². The highest BCUT2D eigenvalue weighted by atomic mass is 35.5. The number of amides is 2. The number of phenolic OH excluding ortho intramolecular Hbond substituents is 1. The number of benzene rings is 2. The van der Waals surface area contributed by atoms with Crippen molar-refractivity contribution in [1.29, 1.82) is 0 Å². The van der Waals surface area contributed by atoms with Crippen molar-refractivity contribution in [2.45, 2.75) is 0 Å². The lowest BCUT2D eigenvalue weighted by atomic mass is 10.1. The van der Waals surface area contributed by atoms with Gasteiger partial charge in [0.15, 0.2) is 0 Å². The number of rotatable bonds is 1. The monoisotopic (exact) mass is 291 g/mol. The van der Waals surface area contributed by atoms with Gasteiger partial charge in [0.1, 0.15) is 11.6 Å². The molecular formula is C14H7ClFNO3. The van der Waals surface area contributed by atoms with E-state index in [1.165, 1.54) is 12.1 Å². The number of imide groups is 1. The minimum Gasteiger partial charge on any atom is -0.506 e. The molecule has 0 saturated heterocycles. The van der Waals surface area contributed by atoms with Crippen molar-refractivity contribution < 1.29 is 19.1 Å². The van der Waals surface area contributed by atoms with Crippen LogP contribution in [0.15, 0.2) is 36.4 Å². The number of phenols is 1. The first-order valence-electron chi connectivity index (χ1n) is 5.66. The SMILES string of the molecule is O=C1c2ccccc2C(=O)N1c1cc(F)c(Cl)cc1O. The second kappa shape index (κ2) is 4.31. The van der Waals surface area contributed by atoms with Gasteiger partial charge in [0.25, 0.3) is 11.8 Å². The van der Waals surface area contributed by atoms with Crippen molar-refractivity contribution in [1.82, 2.24) is 0 Å². The van der Waals surface area contributed by atoms with Gasteiger partial charge in [-0.15, -0.1) is 0 Å². The molecule has 0 fully saturated rings. The molecule has 0 saturated carbocycles. The quantitative estimate of drug-likeness (QED) is 0.822. The van der Waals surface area contributed by atoms with Gasteiger partial charge in [0.05, 0.1) is 21.8 Å². The zero-order chi connectivity index (χ0) is 14.4. The maximum absolute atomic E-state index is 13.5. The molecule has 0 radical (unpaired) electrons. The van der Waals surface area contributed by atoms with E-state index in [0.29, 0.717) is 0 Å². The van der Waals surface area contributed by atoms with E-state index in [9.17, 15) is 19.1 Å². The van der Waals surface area contributed by atoms with Crippen LogP contribution in [0, 0.1) is 5.82 Å². The number of hydrogen-bond acceptors (Lipinski definition) is 3. The molecule has 3 rings (SSSR count). The Hall–Kier alpha value is -2.40. The van der Waals surface area contributed by atoms with Gasteiger partial charge >= 0.3 is 0 Å². The Balaban J connectivity index is 2.17. The Morgan fingerprint density at radius 1 is 1.05 bits per heavy atom. The Morgan fingerprint density at radius 3 is 2.15 bits per heavy atom. The van der Waals surface area contributed by atoms with E-state index in [0.717, 1.165) is 17.0 Å². The summed E-state index contributed by atoms with van der Waals surface area (Å²) in [5.74, 6) is -2.48. The maximum Gasteiger partial charge on any atom is 0.266 e. The van der Waals surface area contributed by atoms with Crippen LogP contribution >= 0.6 is 11.6 Å². The summed E-state index contributed by atoms with van der Waals surface area (Å²) >= 11 is 5.53. The fourth-order valence-corrected chi connectivity index (χ4v) is 2.27. The number of fused-ring (bicyclic) bond motifs is 1. The van der Waals surface area contributed by atoms with Crippen LogP contribution in [0.2, 0.25) is 5.02 Å². The standard InChI is InChI=1S/C14H7ClFNO3/c15-9-5-12(18)11(6-10(9)16)17-13(19)7-3-1-2-4-8(7)14(17)20/h1-6,18H. The highest BCUT2D eigenvalue weighted by Crippen LogP contribution is 2.36. The van der Waals surface area contributed by atoms with Gasteiger partial charge in [-0.1, -0.05) is 23.7 Å². The highest BCUT2D eigenvalue weighted by molar-refractivity contribution is 6.35. The Morgan fingerprint density at radius 2 is 1.60 bits per heavy atom. The van der Waals surface area contributed by atoms with E-state index in [4.69, 9.17) is 11.6 Å². The molecular weight excluding hydrogens is 285 g/mol. The molecule has 1 heterocycles. The summed E-state index contributed by atoms with van der Waals surface area (Å²) in [6, 6.07) is 8.05. The number of carbonyl (C=O) groups is 2. The molecule has 100 valence electrons. The predicted octanol–water partition coefficient (Wildman–Crippen LogP) is 2.99. The molecule has 20 heavy (non-hydrogen) atoms. The summed E-state index contributed by atoms with van der Waals surface area (Å²) < 4.78 is 13.5. The van der Waals surface area contributed by atoms with Crippen LogP contribution in [0.5, 0.6) is 5.75 Å². The number of anilines is 1. The Bertz CT molecular complexity index is 725. The van der Waals surface area contributed by atoms with Crippen LogP contribution in [0.4, 0.5) is 10.1 Å². The molecule has 6 heteroatoms. The number of halogens is 2. The molecule has 1 N–H and O–H groups in total. The number of nitrogens with zero attached hydrogens (tertiary/aromatic N) is 1. The van der Waals surface area contributed by atoms with Crippen LogP contribution in [-0.4, -0.2) is 16.9 Å². The van der Waals surface area contributed by atoms with E-state index in [1.54, 1.807) is 12.1 Å². The van der Waals surface area contributed by atoms with E-state index in [-0.39, 0.29) is 21.8 Å². The molecule has 0 bridgehead atoms. The van der Waals surface area contributed by atoms with Crippen LogP contribution in [0.3, 0.4) is 0 Å². The summed E-state index contributed by atoms with van der Waals surface area (Å²) in [5.41, 5.74) is 0.206. The molecule has 0 aromatic heterocycles. The smallest absolute Gasteiger partial charge is 0.266 e. The van der Waals surface area contributed by atoms with Crippen LogP contribution < -0.4 is 4.90 Å². The average Bonchev–Trinajstić information content (AvgIpc) is 2.68. The lowest BCUT2D eigenvalue weighted by molar-refractivity contribution is 0.0925. The molecule has 0 atom stereocenters. The second-order valence-electron chi connectivity index (χ2n) is 4.25. The molecule has 2 aromatic rings. The largest absolute Gasteiger partial charge is 0.506 e. The molecule has 1 aliphatic rings. The predicted molar refractivity (Wildman–Crippen MR) is 70.7 cm³/mol. The first-order chi connectivity index (χ1) is 9.50. The van der Waals surface area contributed by atoms with Gasteiger partial charge in [-0.2, -0.15) is 0 Å². The molecule has 2 aromatic carbocycles. The third kappa shape index (κ3) is 1.67. The lowest BCUT2D eigenvalue weighted by Gasteiger charge is -2.15. The van der Waals surface area contributed by atoms with Gasteiger partial charge < -0.3 is 5.11 Å². The zero-order valence-electron chi connectivity index (χ0n) is 9.93. The Kier molecular flexibility index (Phi) is 2.72. The van der Waals surface area contributed by atoms with E-state index < -0.39 is 23.4 Å². The van der Waals surface area contributed by atoms with Gasteiger partial charge in [-0.25, -0.2) is 9.29 Å². The van der Waals surface area contributed by atoms with Crippen molar-refractivity contribution in [3.63, 3.8) is 0 Å². The maximum atomic E-state index is 13.5. The summed E-state index contributed by atoms with van der Waals surface area (Å²) in [6.45, 7) is 0. The topological polar surface area (TPSA) is 57.6 Å². The van der Waals surface area contributed by atoms with Crippen molar-refractivity contribution in [2.75, 3.05) is 4.90 Å². The van der Waals surface area contributed by atoms with E-state index >= 15 is 0 Å². The fourth-order valence-electron chi connectivity index (χ4n) is 2.11. The fraction of sp³-hybridized carbons (Fsp3) is 0. The van der Waals surface area contributed by atoms with E-state index in [1.807, 2.05) is 0 Å². The minimum atomic E-state index is -0.823. The van der Waals surface area contributed by atoms with Crippen molar-refractivity contribution >= 4 is 29.1 Å². The summed E-state index contributed by atoms with van der Waals surface area (Å²) in [5, 5.41) is 9.50. The molecule has 0 spiro atoms. The molecule has 1 aliphatic heterocycles. The average molecular weight is 292 g/mol. The highest BCUT2D eigenvalue weighted by Gasteiger charge is 2.37. The number of carbonyl (C=O) groups excluding carboxylic acids is 2. The third-order valence-electron chi connectivity index (χ3n) is 3.05. The van der Waals surface area contributed by atoms with Crippen LogP contribution in [0.25, 0.3) is 0 Å². The van der Waals surface area contributed by atoms with Gasteiger partial charge in [0, 0.05) is 12.1 Å². The molecule has 2 amide bonds. The number of aromatic hydroxyl groups is 1. The van der Waals surface area contributed by atoms with Crippen molar-refractivity contribution in [3.05, 3.63) is 58.4 Å². The normalized spacial score (nSPS) is 13.8. The summed E-state index contributed by atoms with van der Waals surface area (Å²) in [4.78, 5) is 25.1. The lowest BCUT2D eigenvalue weighted by Crippen LogP contribution is -2.29. The molecule has 0 aliphatic carbocycles. The summed E-state index contributed by atoms with van der Waals surface area (Å²) in [7, 11) is 0. The van der Waals surface area contributed by atoms with Crippen LogP contribution in [-0.2, 0) is 0 Å². The first-order valence-corrected chi connectivity index (χ1v) is 6.04.